The Morgan fingerprint density at radius 3 is 2.50 bits per heavy atom. The third-order valence-electron chi connectivity index (χ3n) is 4.42. The van der Waals surface area contributed by atoms with Crippen molar-refractivity contribution in [2.75, 3.05) is 27.9 Å². The molecule has 0 aliphatic carbocycles. The standard InChI is InChI=1S/C22H23N3O5/c1-24(13-16-8-7-11-18(12-16)28-2)20(26)15-30-22(27)21-19(29-3)14-25(23-21)17-9-5-4-6-10-17/h4-12,14H,13,15H2,1-3H3. The Morgan fingerprint density at radius 1 is 1.03 bits per heavy atom. The van der Waals surface area contributed by atoms with E-state index in [2.05, 4.69) is 5.10 Å². The van der Waals surface area contributed by atoms with Gasteiger partial charge in [-0.2, -0.15) is 5.10 Å². The number of carbonyl (C=O) groups excluding carboxylic acids is 2. The average Bonchev–Trinajstić information content (AvgIpc) is 3.22. The Morgan fingerprint density at radius 2 is 1.80 bits per heavy atom. The molecule has 0 saturated carbocycles. The van der Waals surface area contributed by atoms with Gasteiger partial charge in [0.05, 0.1) is 26.1 Å². The average molecular weight is 409 g/mol. The van der Waals surface area contributed by atoms with Gasteiger partial charge in [-0.15, -0.1) is 0 Å². The molecule has 0 fully saturated rings. The molecule has 3 rings (SSSR count). The molecule has 0 saturated heterocycles. The minimum absolute atomic E-state index is 0.00426. The normalized spacial score (nSPS) is 10.4. The van der Waals surface area contributed by atoms with Gasteiger partial charge in [-0.25, -0.2) is 9.48 Å². The second kappa shape index (κ2) is 9.60. The van der Waals surface area contributed by atoms with Crippen molar-refractivity contribution < 1.29 is 23.8 Å². The Balaban J connectivity index is 1.62. The van der Waals surface area contributed by atoms with Crippen LogP contribution in [0.1, 0.15) is 16.1 Å². The zero-order chi connectivity index (χ0) is 21.5. The van der Waals surface area contributed by atoms with E-state index in [0.717, 1.165) is 11.3 Å². The highest BCUT2D eigenvalue weighted by atomic mass is 16.5. The number of carbonyl (C=O) groups is 2. The van der Waals surface area contributed by atoms with Crippen LogP contribution in [0.2, 0.25) is 0 Å². The highest BCUT2D eigenvalue weighted by molar-refractivity contribution is 5.92. The number of nitrogens with zero attached hydrogens (tertiary/aromatic N) is 3. The van der Waals surface area contributed by atoms with Crippen molar-refractivity contribution in [1.82, 2.24) is 14.7 Å². The van der Waals surface area contributed by atoms with E-state index in [0.29, 0.717) is 12.3 Å². The van der Waals surface area contributed by atoms with Gasteiger partial charge >= 0.3 is 5.97 Å². The number of para-hydroxylation sites is 1. The van der Waals surface area contributed by atoms with E-state index in [-0.39, 0.29) is 17.4 Å². The monoisotopic (exact) mass is 409 g/mol. The summed E-state index contributed by atoms with van der Waals surface area (Å²) in [6.45, 7) is -0.0415. The minimum Gasteiger partial charge on any atom is -0.497 e. The lowest BCUT2D eigenvalue weighted by Gasteiger charge is -2.17. The summed E-state index contributed by atoms with van der Waals surface area (Å²) in [4.78, 5) is 26.3. The fraction of sp³-hybridized carbons (Fsp3) is 0.227. The molecular formula is C22H23N3O5. The van der Waals surface area contributed by atoms with Gasteiger partial charge in [0.15, 0.2) is 12.4 Å². The summed E-state index contributed by atoms with van der Waals surface area (Å²) in [6, 6.07) is 16.7. The zero-order valence-corrected chi connectivity index (χ0v) is 17.1. The van der Waals surface area contributed by atoms with Crippen molar-refractivity contribution in [2.45, 2.75) is 6.54 Å². The zero-order valence-electron chi connectivity index (χ0n) is 17.1. The molecule has 3 aromatic rings. The fourth-order valence-electron chi connectivity index (χ4n) is 2.80. The molecule has 0 bridgehead atoms. The maximum absolute atomic E-state index is 12.5. The van der Waals surface area contributed by atoms with Gasteiger partial charge in [-0.1, -0.05) is 30.3 Å². The highest BCUT2D eigenvalue weighted by Gasteiger charge is 2.21. The molecule has 0 unspecified atom stereocenters. The maximum Gasteiger partial charge on any atom is 0.363 e. The molecular weight excluding hydrogens is 386 g/mol. The van der Waals surface area contributed by atoms with Crippen LogP contribution in [0.25, 0.3) is 5.69 Å². The Kier molecular flexibility index (Phi) is 6.69. The van der Waals surface area contributed by atoms with Gasteiger partial charge in [0.2, 0.25) is 5.69 Å². The van der Waals surface area contributed by atoms with Crippen molar-refractivity contribution in [1.29, 1.82) is 0 Å². The van der Waals surface area contributed by atoms with E-state index in [1.807, 2.05) is 54.6 Å². The van der Waals surface area contributed by atoms with Crippen LogP contribution in [0.3, 0.4) is 0 Å². The fourth-order valence-corrected chi connectivity index (χ4v) is 2.80. The number of benzene rings is 2. The predicted octanol–water partition coefficient (Wildman–Crippen LogP) is 2.70. The van der Waals surface area contributed by atoms with Gasteiger partial charge < -0.3 is 19.1 Å². The Labute approximate surface area is 174 Å². The molecule has 1 aromatic heterocycles. The lowest BCUT2D eigenvalue weighted by molar-refractivity contribution is -0.133. The van der Waals surface area contributed by atoms with Gasteiger partial charge in [0.1, 0.15) is 5.75 Å². The number of likely N-dealkylation sites (N-methyl/N-ethyl adjacent to an activating group) is 1. The SMILES string of the molecule is COc1cccc(CN(C)C(=O)COC(=O)c2nn(-c3ccccc3)cc2OC)c1. The molecule has 8 nitrogen and oxygen atoms in total. The topological polar surface area (TPSA) is 82.9 Å². The number of ether oxygens (including phenoxy) is 3. The van der Waals surface area contributed by atoms with Crippen LogP contribution in [-0.2, 0) is 16.1 Å². The molecule has 1 amide bonds. The summed E-state index contributed by atoms with van der Waals surface area (Å²) in [5, 5.41) is 4.24. The molecule has 0 spiro atoms. The molecule has 0 aliphatic heterocycles. The summed E-state index contributed by atoms with van der Waals surface area (Å²) in [5.74, 6) is -0.0980. The number of amides is 1. The molecule has 0 atom stereocenters. The predicted molar refractivity (Wildman–Crippen MR) is 110 cm³/mol. The number of hydrogen-bond acceptors (Lipinski definition) is 6. The molecule has 0 radical (unpaired) electrons. The number of aromatic nitrogens is 2. The summed E-state index contributed by atoms with van der Waals surface area (Å²) in [7, 11) is 4.66. The van der Waals surface area contributed by atoms with Crippen molar-refractivity contribution in [3.05, 3.63) is 72.1 Å². The third-order valence-corrected chi connectivity index (χ3v) is 4.42. The minimum atomic E-state index is -0.732. The van der Waals surface area contributed by atoms with Crippen molar-refractivity contribution in [3.8, 4) is 17.2 Å². The smallest absolute Gasteiger partial charge is 0.363 e. The van der Waals surface area contributed by atoms with Gasteiger partial charge in [0, 0.05) is 13.6 Å². The summed E-state index contributed by atoms with van der Waals surface area (Å²) >= 11 is 0. The Bertz CT molecular complexity index is 1020. The van der Waals surface area contributed by atoms with Crippen LogP contribution >= 0.6 is 0 Å². The van der Waals surface area contributed by atoms with E-state index in [9.17, 15) is 9.59 Å². The second-order valence-corrected chi connectivity index (χ2v) is 6.50. The first-order chi connectivity index (χ1) is 14.5. The lowest BCUT2D eigenvalue weighted by atomic mass is 10.2. The number of esters is 1. The third kappa shape index (κ3) is 4.96. The van der Waals surface area contributed by atoms with E-state index in [4.69, 9.17) is 14.2 Å². The largest absolute Gasteiger partial charge is 0.497 e. The van der Waals surface area contributed by atoms with E-state index in [1.54, 1.807) is 20.4 Å². The van der Waals surface area contributed by atoms with Crippen LogP contribution in [0.15, 0.2) is 60.8 Å². The molecule has 2 aromatic carbocycles. The van der Waals surface area contributed by atoms with Gasteiger partial charge in [0.25, 0.3) is 5.91 Å². The highest BCUT2D eigenvalue weighted by Crippen LogP contribution is 2.20. The number of hydrogen-bond donors (Lipinski definition) is 0. The summed E-state index contributed by atoms with van der Waals surface area (Å²) in [6.07, 6.45) is 1.59. The summed E-state index contributed by atoms with van der Waals surface area (Å²) < 4.78 is 17.1. The lowest BCUT2D eigenvalue weighted by Crippen LogP contribution is -2.31. The molecule has 0 N–H and O–H groups in total. The molecule has 1 heterocycles. The number of methoxy groups -OCH3 is 2. The van der Waals surface area contributed by atoms with Gasteiger partial charge in [-0.3, -0.25) is 4.79 Å². The van der Waals surface area contributed by atoms with Crippen LogP contribution in [-0.4, -0.2) is 54.4 Å². The molecule has 156 valence electrons. The van der Waals surface area contributed by atoms with Crippen molar-refractivity contribution in [2.24, 2.45) is 0 Å². The van der Waals surface area contributed by atoms with Crippen LogP contribution in [0, 0.1) is 0 Å². The summed E-state index contributed by atoms with van der Waals surface area (Å²) in [5.41, 5.74) is 1.67. The quantitative estimate of drug-likeness (QED) is 0.532. The first-order valence-electron chi connectivity index (χ1n) is 9.25. The first kappa shape index (κ1) is 20.9. The van der Waals surface area contributed by atoms with Crippen LogP contribution in [0.4, 0.5) is 0 Å². The van der Waals surface area contributed by atoms with E-state index in [1.165, 1.54) is 16.7 Å². The molecule has 0 aliphatic rings. The second-order valence-electron chi connectivity index (χ2n) is 6.50. The van der Waals surface area contributed by atoms with Gasteiger partial charge in [-0.05, 0) is 29.8 Å². The van der Waals surface area contributed by atoms with Crippen LogP contribution < -0.4 is 9.47 Å². The van der Waals surface area contributed by atoms with Crippen molar-refractivity contribution in [3.63, 3.8) is 0 Å². The van der Waals surface area contributed by atoms with E-state index < -0.39 is 12.6 Å². The Hall–Kier alpha value is -3.81. The molecule has 30 heavy (non-hydrogen) atoms. The molecule has 8 heteroatoms. The van der Waals surface area contributed by atoms with E-state index >= 15 is 0 Å². The van der Waals surface area contributed by atoms with Crippen LogP contribution in [0.5, 0.6) is 11.5 Å². The first-order valence-corrected chi connectivity index (χ1v) is 9.25. The maximum atomic E-state index is 12.5. The number of rotatable bonds is 8. The van der Waals surface area contributed by atoms with Crippen molar-refractivity contribution >= 4 is 11.9 Å².